The summed E-state index contributed by atoms with van der Waals surface area (Å²) in [6.07, 6.45) is 1.21. The Hall–Kier alpha value is -3.37. The number of halogens is 1. The predicted octanol–water partition coefficient (Wildman–Crippen LogP) is 3.45. The molecule has 2 aromatic heterocycles. The number of aryl methyl sites for hydroxylation is 1. The number of furan rings is 1. The molecule has 2 amide bonds. The third-order valence-corrected chi connectivity index (χ3v) is 6.98. The van der Waals surface area contributed by atoms with E-state index in [4.69, 9.17) is 9.15 Å². The van der Waals surface area contributed by atoms with Gasteiger partial charge in [0.05, 0.1) is 12.1 Å². The zero-order valence-corrected chi connectivity index (χ0v) is 20.3. The third-order valence-electron chi connectivity index (χ3n) is 6.00. The molecule has 0 N–H and O–H groups in total. The molecule has 3 aromatic rings. The summed E-state index contributed by atoms with van der Waals surface area (Å²) in [4.78, 5) is 43.6. The van der Waals surface area contributed by atoms with Crippen molar-refractivity contribution in [3.05, 3.63) is 75.2 Å². The number of thiazole rings is 1. The fraction of sp³-hybridized carbons (Fsp3) is 0.360. The Bertz CT molecular complexity index is 1300. The average Bonchev–Trinajstić information content (AvgIpc) is 3.46. The molecule has 4 rings (SSSR count). The normalized spacial score (nSPS) is 14.9. The first kappa shape index (κ1) is 24.7. The maximum absolute atomic E-state index is 14.0. The van der Waals surface area contributed by atoms with E-state index in [2.05, 4.69) is 4.99 Å². The summed E-state index contributed by atoms with van der Waals surface area (Å²) in [7, 11) is 1.50. The highest BCUT2D eigenvalue weighted by Gasteiger charge is 2.28. The predicted molar refractivity (Wildman–Crippen MR) is 127 cm³/mol. The van der Waals surface area contributed by atoms with Gasteiger partial charge in [0.2, 0.25) is 0 Å². The molecule has 35 heavy (non-hydrogen) atoms. The second kappa shape index (κ2) is 10.9. The Balaban J connectivity index is 1.45. The third kappa shape index (κ3) is 5.66. The lowest BCUT2D eigenvalue weighted by molar-refractivity contribution is -0.127. The molecule has 1 aromatic carbocycles. The molecule has 0 aliphatic carbocycles. The van der Waals surface area contributed by atoms with Crippen LogP contribution in [0.2, 0.25) is 0 Å². The molecule has 1 saturated heterocycles. The number of ether oxygens (including phenoxy) is 1. The first-order valence-corrected chi connectivity index (χ1v) is 12.1. The SMILES string of the molecule is COCC(=O)C1CCN(C(=O)c2ccc(Cn3c(C)csc3=NC(=O)c3ccccc3F)o2)CC1. The van der Waals surface area contributed by atoms with Crippen LogP contribution in [-0.2, 0) is 16.1 Å². The number of rotatable bonds is 7. The molecule has 0 spiro atoms. The van der Waals surface area contributed by atoms with Crippen molar-refractivity contribution in [2.24, 2.45) is 10.9 Å². The summed E-state index contributed by atoms with van der Waals surface area (Å²) in [5, 5.41) is 1.84. The number of benzene rings is 1. The monoisotopic (exact) mass is 499 g/mol. The van der Waals surface area contributed by atoms with Crippen LogP contribution in [-0.4, -0.2) is 53.9 Å². The van der Waals surface area contributed by atoms with Crippen molar-refractivity contribution >= 4 is 28.9 Å². The van der Waals surface area contributed by atoms with Crippen LogP contribution in [0, 0.1) is 18.7 Å². The number of piperidine rings is 1. The zero-order valence-electron chi connectivity index (χ0n) is 19.5. The minimum atomic E-state index is -0.665. The zero-order chi connectivity index (χ0) is 24.9. The number of Topliss-reactive ketones (excluding diaryl/α,β-unsaturated/α-hetero) is 1. The first-order chi connectivity index (χ1) is 16.9. The molecular weight excluding hydrogens is 473 g/mol. The summed E-state index contributed by atoms with van der Waals surface area (Å²) >= 11 is 1.27. The van der Waals surface area contributed by atoms with E-state index in [1.165, 1.54) is 36.6 Å². The molecule has 1 aliphatic heterocycles. The van der Waals surface area contributed by atoms with Gasteiger partial charge >= 0.3 is 0 Å². The van der Waals surface area contributed by atoms with Crippen LogP contribution in [0.15, 0.2) is 51.2 Å². The number of carbonyl (C=O) groups is 3. The fourth-order valence-electron chi connectivity index (χ4n) is 4.03. The van der Waals surface area contributed by atoms with Gasteiger partial charge in [0.25, 0.3) is 11.8 Å². The second-order valence-corrected chi connectivity index (χ2v) is 9.21. The number of ketones is 1. The van der Waals surface area contributed by atoms with Gasteiger partial charge in [-0.05, 0) is 44.0 Å². The lowest BCUT2D eigenvalue weighted by Crippen LogP contribution is -2.40. The van der Waals surface area contributed by atoms with E-state index < -0.39 is 11.7 Å². The summed E-state index contributed by atoms with van der Waals surface area (Å²) in [6, 6.07) is 9.06. The van der Waals surface area contributed by atoms with Crippen molar-refractivity contribution in [3.8, 4) is 0 Å². The van der Waals surface area contributed by atoms with Crippen LogP contribution in [0.4, 0.5) is 4.39 Å². The maximum Gasteiger partial charge on any atom is 0.289 e. The van der Waals surface area contributed by atoms with Crippen molar-refractivity contribution in [1.82, 2.24) is 9.47 Å². The average molecular weight is 500 g/mol. The topological polar surface area (TPSA) is 94.1 Å². The van der Waals surface area contributed by atoms with Gasteiger partial charge in [-0.2, -0.15) is 4.99 Å². The number of methoxy groups -OCH3 is 1. The second-order valence-electron chi connectivity index (χ2n) is 8.37. The van der Waals surface area contributed by atoms with Crippen LogP contribution in [0.1, 0.15) is 45.2 Å². The molecule has 3 heterocycles. The van der Waals surface area contributed by atoms with Crippen LogP contribution in [0.3, 0.4) is 0 Å². The molecule has 0 bridgehead atoms. The molecule has 0 unspecified atom stereocenters. The number of nitrogens with zero attached hydrogens (tertiary/aromatic N) is 3. The number of amides is 2. The summed E-state index contributed by atoms with van der Waals surface area (Å²) in [6.45, 7) is 3.19. The number of likely N-dealkylation sites (tertiary alicyclic amines) is 1. The quantitative estimate of drug-likeness (QED) is 0.496. The Kier molecular flexibility index (Phi) is 7.72. The van der Waals surface area contributed by atoms with Gasteiger partial charge in [0, 0.05) is 37.2 Å². The van der Waals surface area contributed by atoms with E-state index in [0.29, 0.717) is 36.5 Å². The summed E-state index contributed by atoms with van der Waals surface area (Å²) in [5.74, 6) is -0.781. The highest BCUT2D eigenvalue weighted by atomic mass is 32.1. The van der Waals surface area contributed by atoms with Crippen LogP contribution < -0.4 is 4.80 Å². The van der Waals surface area contributed by atoms with E-state index >= 15 is 0 Å². The number of hydrogen-bond acceptors (Lipinski definition) is 6. The lowest BCUT2D eigenvalue weighted by Gasteiger charge is -2.30. The van der Waals surface area contributed by atoms with Crippen molar-refractivity contribution < 1.29 is 27.9 Å². The van der Waals surface area contributed by atoms with Crippen molar-refractivity contribution in [1.29, 1.82) is 0 Å². The van der Waals surface area contributed by atoms with Crippen molar-refractivity contribution in [3.63, 3.8) is 0 Å². The molecule has 1 fully saturated rings. The molecule has 1 aliphatic rings. The van der Waals surface area contributed by atoms with E-state index in [-0.39, 0.29) is 42.1 Å². The standard InChI is InChI=1S/C25H26FN3O5S/c1-16-15-35-25(27-23(31)19-5-3-4-6-20(19)26)29(16)13-18-7-8-22(34-18)24(32)28-11-9-17(10-12-28)21(30)14-33-2/h3-8,15,17H,9-14H2,1-2H3. The molecular formula is C25H26FN3O5S. The number of hydrogen-bond donors (Lipinski definition) is 0. The van der Waals surface area contributed by atoms with Gasteiger partial charge in [0.1, 0.15) is 18.2 Å². The largest absolute Gasteiger partial charge is 0.454 e. The highest BCUT2D eigenvalue weighted by molar-refractivity contribution is 7.07. The highest BCUT2D eigenvalue weighted by Crippen LogP contribution is 2.21. The van der Waals surface area contributed by atoms with E-state index in [0.717, 1.165) is 5.69 Å². The Morgan fingerprint density at radius 2 is 1.91 bits per heavy atom. The molecule has 0 atom stereocenters. The number of carbonyl (C=O) groups excluding carboxylic acids is 3. The van der Waals surface area contributed by atoms with E-state index in [1.54, 1.807) is 27.7 Å². The summed E-state index contributed by atoms with van der Waals surface area (Å²) in [5.41, 5.74) is 0.755. The molecule has 10 heteroatoms. The minimum absolute atomic E-state index is 0.0674. The first-order valence-electron chi connectivity index (χ1n) is 11.3. The maximum atomic E-state index is 14.0. The smallest absolute Gasteiger partial charge is 0.289 e. The fourth-order valence-corrected chi connectivity index (χ4v) is 4.91. The lowest BCUT2D eigenvalue weighted by atomic mass is 9.93. The Labute approximate surface area is 205 Å². The van der Waals surface area contributed by atoms with E-state index in [1.807, 2.05) is 12.3 Å². The molecule has 8 nitrogen and oxygen atoms in total. The van der Waals surface area contributed by atoms with Gasteiger partial charge in [-0.15, -0.1) is 11.3 Å². The number of aromatic nitrogens is 1. The minimum Gasteiger partial charge on any atom is -0.454 e. The van der Waals surface area contributed by atoms with Gasteiger partial charge in [-0.1, -0.05) is 12.1 Å². The van der Waals surface area contributed by atoms with E-state index in [9.17, 15) is 18.8 Å². The van der Waals surface area contributed by atoms with Gasteiger partial charge in [0.15, 0.2) is 16.3 Å². The Morgan fingerprint density at radius 1 is 1.17 bits per heavy atom. The van der Waals surface area contributed by atoms with Crippen LogP contribution >= 0.6 is 11.3 Å². The van der Waals surface area contributed by atoms with Crippen LogP contribution in [0.25, 0.3) is 0 Å². The van der Waals surface area contributed by atoms with Gasteiger partial charge in [-0.25, -0.2) is 4.39 Å². The molecule has 0 saturated carbocycles. The van der Waals surface area contributed by atoms with Gasteiger partial charge in [-0.3, -0.25) is 14.4 Å². The molecule has 0 radical (unpaired) electrons. The van der Waals surface area contributed by atoms with Gasteiger partial charge < -0.3 is 18.6 Å². The van der Waals surface area contributed by atoms with Crippen molar-refractivity contribution in [2.75, 3.05) is 26.8 Å². The van der Waals surface area contributed by atoms with Crippen LogP contribution in [0.5, 0.6) is 0 Å². The summed E-state index contributed by atoms with van der Waals surface area (Å²) < 4.78 is 26.5. The Morgan fingerprint density at radius 3 is 2.63 bits per heavy atom. The van der Waals surface area contributed by atoms with Crippen molar-refractivity contribution in [2.45, 2.75) is 26.3 Å². The molecule has 184 valence electrons.